The van der Waals surface area contributed by atoms with Crippen molar-refractivity contribution in [3.8, 4) is 0 Å². The quantitative estimate of drug-likeness (QED) is 0.336. The molecule has 0 radical (unpaired) electrons. The van der Waals surface area contributed by atoms with E-state index in [1.807, 2.05) is 30.3 Å². The SMILES string of the molecule is CCN(CC)c1cccc([C@H]2[C@@H](C(=O)Nc3cccc(C(C)(C)C)c3)CCCN2C(=O)c2c(C)cccc2F)c1. The second-order valence-electron chi connectivity index (χ2n) is 11.7. The van der Waals surface area contributed by atoms with Gasteiger partial charge in [0.2, 0.25) is 5.91 Å². The van der Waals surface area contributed by atoms with Crippen LogP contribution in [0.25, 0.3) is 0 Å². The lowest BCUT2D eigenvalue weighted by Crippen LogP contribution is -2.46. The van der Waals surface area contributed by atoms with E-state index in [-0.39, 0.29) is 22.8 Å². The molecule has 4 rings (SSSR count). The van der Waals surface area contributed by atoms with Crippen LogP contribution >= 0.6 is 0 Å². The van der Waals surface area contributed by atoms with E-state index in [4.69, 9.17) is 0 Å². The van der Waals surface area contributed by atoms with Crippen molar-refractivity contribution in [2.75, 3.05) is 29.9 Å². The lowest BCUT2D eigenvalue weighted by atomic mass is 9.83. The Kier molecular flexibility index (Phi) is 8.97. The molecule has 1 saturated heterocycles. The standard InChI is InChI=1S/C34H42FN3O2/c1-7-37(8-2)27-17-10-14-24(21-27)31-28(32(39)36-26-16-11-15-25(22-26)34(4,5)6)18-12-20-38(31)33(40)30-23(3)13-9-19-29(30)35/h9-11,13-17,19,21-22,28,31H,7-8,12,18,20H2,1-6H3,(H,36,39)/t28-,31-/m0/s1. The molecule has 0 aromatic heterocycles. The van der Waals surface area contributed by atoms with Crippen LogP contribution in [0.3, 0.4) is 0 Å². The van der Waals surface area contributed by atoms with Crippen LogP contribution in [0.4, 0.5) is 15.8 Å². The number of nitrogens with zero attached hydrogens (tertiary/aromatic N) is 2. The van der Waals surface area contributed by atoms with Gasteiger partial charge in [-0.25, -0.2) is 4.39 Å². The number of benzene rings is 3. The van der Waals surface area contributed by atoms with E-state index in [9.17, 15) is 14.0 Å². The van der Waals surface area contributed by atoms with Crippen LogP contribution < -0.4 is 10.2 Å². The highest BCUT2D eigenvalue weighted by Crippen LogP contribution is 2.39. The summed E-state index contributed by atoms with van der Waals surface area (Å²) in [7, 11) is 0. The highest BCUT2D eigenvalue weighted by Gasteiger charge is 2.40. The van der Waals surface area contributed by atoms with Gasteiger partial charge in [-0.15, -0.1) is 0 Å². The zero-order valence-corrected chi connectivity index (χ0v) is 24.6. The van der Waals surface area contributed by atoms with Gasteiger partial charge in [-0.2, -0.15) is 0 Å². The van der Waals surface area contributed by atoms with Crippen LogP contribution in [0.1, 0.15) is 80.6 Å². The fourth-order valence-corrected chi connectivity index (χ4v) is 5.75. The number of carbonyl (C=O) groups is 2. The van der Waals surface area contributed by atoms with Crippen molar-refractivity contribution in [2.24, 2.45) is 5.92 Å². The van der Waals surface area contributed by atoms with Crippen molar-refractivity contribution in [3.63, 3.8) is 0 Å². The van der Waals surface area contributed by atoms with E-state index in [2.05, 4.69) is 63.0 Å². The maximum absolute atomic E-state index is 15.0. The molecule has 1 fully saturated rings. The van der Waals surface area contributed by atoms with E-state index < -0.39 is 17.8 Å². The van der Waals surface area contributed by atoms with E-state index in [0.717, 1.165) is 35.6 Å². The number of hydrogen-bond acceptors (Lipinski definition) is 3. The molecule has 40 heavy (non-hydrogen) atoms. The van der Waals surface area contributed by atoms with Crippen molar-refractivity contribution < 1.29 is 14.0 Å². The molecule has 2 atom stereocenters. The van der Waals surface area contributed by atoms with Gasteiger partial charge in [-0.1, -0.05) is 57.2 Å². The Hall–Kier alpha value is -3.67. The molecule has 1 heterocycles. The lowest BCUT2D eigenvalue weighted by Gasteiger charge is -2.41. The van der Waals surface area contributed by atoms with Crippen molar-refractivity contribution >= 4 is 23.2 Å². The number of anilines is 2. The summed E-state index contributed by atoms with van der Waals surface area (Å²) in [4.78, 5) is 31.9. The van der Waals surface area contributed by atoms with Gasteiger partial charge in [0.1, 0.15) is 5.82 Å². The summed E-state index contributed by atoms with van der Waals surface area (Å²) in [5.41, 5.74) is 4.40. The summed E-state index contributed by atoms with van der Waals surface area (Å²) >= 11 is 0. The zero-order chi connectivity index (χ0) is 29.0. The molecule has 0 saturated carbocycles. The van der Waals surface area contributed by atoms with Gasteiger partial charge in [-0.05, 0) is 86.1 Å². The second-order valence-corrected chi connectivity index (χ2v) is 11.7. The first-order valence-electron chi connectivity index (χ1n) is 14.4. The molecular formula is C34H42FN3O2. The summed E-state index contributed by atoms with van der Waals surface area (Å²) in [6, 6.07) is 20.2. The summed E-state index contributed by atoms with van der Waals surface area (Å²) in [5.74, 6) is -1.53. The molecule has 1 aliphatic heterocycles. The molecule has 1 aliphatic rings. The average molecular weight is 544 g/mol. The molecule has 5 nitrogen and oxygen atoms in total. The molecule has 212 valence electrons. The summed E-state index contributed by atoms with van der Waals surface area (Å²) in [6.45, 7) is 14.5. The predicted octanol–water partition coefficient (Wildman–Crippen LogP) is 7.51. The minimum absolute atomic E-state index is 0.0557. The third-order valence-corrected chi connectivity index (χ3v) is 8.00. The third kappa shape index (κ3) is 6.22. The van der Waals surface area contributed by atoms with Gasteiger partial charge >= 0.3 is 0 Å². The molecule has 1 N–H and O–H groups in total. The fraction of sp³-hybridized carbons (Fsp3) is 0.412. The fourth-order valence-electron chi connectivity index (χ4n) is 5.75. The summed E-state index contributed by atoms with van der Waals surface area (Å²) < 4.78 is 15.0. The molecule has 2 amide bonds. The molecule has 3 aromatic rings. The highest BCUT2D eigenvalue weighted by atomic mass is 19.1. The number of aryl methyl sites for hydroxylation is 1. The number of piperidine rings is 1. The van der Waals surface area contributed by atoms with E-state index >= 15 is 0 Å². The number of carbonyl (C=O) groups excluding carboxylic acids is 2. The van der Waals surface area contributed by atoms with Crippen molar-refractivity contribution in [2.45, 2.75) is 65.8 Å². The second kappa shape index (κ2) is 12.2. The van der Waals surface area contributed by atoms with Crippen LogP contribution in [0, 0.1) is 18.7 Å². The number of amides is 2. The highest BCUT2D eigenvalue weighted by molar-refractivity contribution is 5.98. The molecule has 0 bridgehead atoms. The zero-order valence-electron chi connectivity index (χ0n) is 24.6. The van der Waals surface area contributed by atoms with E-state index in [0.29, 0.717) is 24.9 Å². The molecule has 0 aliphatic carbocycles. The van der Waals surface area contributed by atoms with Crippen LogP contribution in [0.2, 0.25) is 0 Å². The Morgan fingerprint density at radius 1 is 1.00 bits per heavy atom. The van der Waals surface area contributed by atoms with Crippen LogP contribution in [0.5, 0.6) is 0 Å². The smallest absolute Gasteiger partial charge is 0.257 e. The number of likely N-dealkylation sites (tertiary alicyclic amines) is 1. The molecule has 0 spiro atoms. The normalized spacial score (nSPS) is 17.4. The first-order chi connectivity index (χ1) is 19.0. The maximum Gasteiger partial charge on any atom is 0.257 e. The minimum atomic E-state index is -0.536. The Morgan fingerprint density at radius 2 is 1.70 bits per heavy atom. The molecular weight excluding hydrogens is 501 g/mol. The predicted molar refractivity (Wildman–Crippen MR) is 161 cm³/mol. The topological polar surface area (TPSA) is 52.7 Å². The first-order valence-corrected chi connectivity index (χ1v) is 14.4. The van der Waals surface area contributed by atoms with Gasteiger partial charge < -0.3 is 15.1 Å². The number of rotatable bonds is 7. The average Bonchev–Trinajstić information content (AvgIpc) is 2.93. The van der Waals surface area contributed by atoms with Crippen LogP contribution in [0.15, 0.2) is 66.7 Å². The van der Waals surface area contributed by atoms with E-state index in [1.165, 1.54) is 6.07 Å². The van der Waals surface area contributed by atoms with Crippen molar-refractivity contribution in [1.29, 1.82) is 0 Å². The largest absolute Gasteiger partial charge is 0.372 e. The Balaban J connectivity index is 1.76. The first kappa shape index (κ1) is 29.3. The van der Waals surface area contributed by atoms with Gasteiger partial charge in [0, 0.05) is 31.0 Å². The number of hydrogen-bond donors (Lipinski definition) is 1. The summed E-state index contributed by atoms with van der Waals surface area (Å²) in [6.07, 6.45) is 1.29. The monoisotopic (exact) mass is 543 g/mol. The molecule has 0 unspecified atom stereocenters. The van der Waals surface area contributed by atoms with Crippen molar-refractivity contribution in [3.05, 3.63) is 94.8 Å². The minimum Gasteiger partial charge on any atom is -0.372 e. The van der Waals surface area contributed by atoms with Crippen LogP contribution in [-0.4, -0.2) is 36.3 Å². The van der Waals surface area contributed by atoms with Crippen molar-refractivity contribution in [1.82, 2.24) is 4.90 Å². The van der Waals surface area contributed by atoms with Crippen LogP contribution in [-0.2, 0) is 10.2 Å². The molecule has 6 heteroatoms. The lowest BCUT2D eigenvalue weighted by molar-refractivity contribution is -0.123. The molecule has 3 aromatic carbocycles. The maximum atomic E-state index is 15.0. The number of nitrogens with one attached hydrogen (secondary N) is 1. The van der Waals surface area contributed by atoms with E-state index in [1.54, 1.807) is 24.0 Å². The summed E-state index contributed by atoms with van der Waals surface area (Å²) in [5, 5.41) is 3.14. The number of halogens is 1. The van der Waals surface area contributed by atoms with Gasteiger partial charge in [0.05, 0.1) is 17.5 Å². The van der Waals surface area contributed by atoms with Gasteiger partial charge in [0.25, 0.3) is 5.91 Å². The Bertz CT molecular complexity index is 1340. The Morgan fingerprint density at radius 3 is 2.38 bits per heavy atom. The van der Waals surface area contributed by atoms with Gasteiger partial charge in [0.15, 0.2) is 0 Å². The third-order valence-electron chi connectivity index (χ3n) is 8.00. The Labute approximate surface area is 238 Å². The van der Waals surface area contributed by atoms with Gasteiger partial charge in [-0.3, -0.25) is 9.59 Å².